The molecule has 0 aliphatic carbocycles. The Bertz CT molecular complexity index is 470. The first-order valence-corrected chi connectivity index (χ1v) is 9.44. The maximum Gasteiger partial charge on any atom is 0.152 e. The number of rotatable bonds is 12. The number of allylic oxidation sites excluding steroid dienone is 8. The van der Waals surface area contributed by atoms with Crippen LogP contribution in [0.25, 0.3) is 0 Å². The zero-order valence-electron chi connectivity index (χ0n) is 16.8. The summed E-state index contributed by atoms with van der Waals surface area (Å²) in [6, 6.07) is 0. The smallest absolute Gasteiger partial charge is 0.152 e. The topological polar surface area (TPSA) is 17.1 Å². The van der Waals surface area contributed by atoms with Crippen molar-refractivity contribution >= 4 is 5.78 Å². The van der Waals surface area contributed by atoms with Crippen molar-refractivity contribution in [1.82, 2.24) is 0 Å². The zero-order chi connectivity index (χ0) is 18.4. The van der Waals surface area contributed by atoms with Gasteiger partial charge in [-0.2, -0.15) is 0 Å². The van der Waals surface area contributed by atoms with Crippen molar-refractivity contribution in [3.63, 3.8) is 0 Å². The molecule has 0 amide bonds. The van der Waals surface area contributed by atoms with E-state index in [-0.39, 0.29) is 5.78 Å². The zero-order valence-corrected chi connectivity index (χ0v) is 16.8. The second-order valence-corrected chi connectivity index (χ2v) is 7.43. The van der Waals surface area contributed by atoms with Gasteiger partial charge < -0.3 is 0 Å². The van der Waals surface area contributed by atoms with E-state index in [0.717, 1.165) is 18.8 Å². The highest BCUT2D eigenvalue weighted by Gasteiger charge is 2.01. The molecule has 0 saturated carbocycles. The highest BCUT2D eigenvalue weighted by Crippen LogP contribution is 2.18. The van der Waals surface area contributed by atoms with Gasteiger partial charge in [-0.1, -0.05) is 54.4 Å². The van der Waals surface area contributed by atoms with E-state index in [0.29, 0.717) is 0 Å². The average Bonchev–Trinajstić information content (AvgIpc) is 2.46. The van der Waals surface area contributed by atoms with E-state index in [2.05, 4.69) is 46.8 Å². The van der Waals surface area contributed by atoms with Gasteiger partial charge in [0, 0.05) is 0 Å². The van der Waals surface area contributed by atoms with Gasteiger partial charge in [-0.15, -0.1) is 0 Å². The molecule has 0 aromatic carbocycles. The lowest BCUT2D eigenvalue weighted by atomic mass is 9.96. The highest BCUT2D eigenvalue weighted by atomic mass is 16.1. The van der Waals surface area contributed by atoms with E-state index in [9.17, 15) is 4.79 Å². The van der Waals surface area contributed by atoms with Crippen molar-refractivity contribution < 1.29 is 4.79 Å². The first kappa shape index (κ1) is 22.6. The SMILES string of the molecule is CC(=O)C=CC=C(C)CCC=C(C)CCC[C@H](C)CCC=C(C)C. The van der Waals surface area contributed by atoms with Crippen LogP contribution in [0.1, 0.15) is 86.5 Å². The Balaban J connectivity index is 3.91. The molecule has 0 heterocycles. The molecule has 1 atom stereocenters. The van der Waals surface area contributed by atoms with Gasteiger partial charge >= 0.3 is 0 Å². The molecule has 136 valence electrons. The molecular weight excluding hydrogens is 292 g/mol. The van der Waals surface area contributed by atoms with Gasteiger partial charge in [-0.05, 0) is 85.1 Å². The minimum atomic E-state index is 0.102. The van der Waals surface area contributed by atoms with Crippen LogP contribution in [0.4, 0.5) is 0 Å². The Morgan fingerprint density at radius 2 is 1.58 bits per heavy atom. The van der Waals surface area contributed by atoms with Crippen LogP contribution < -0.4 is 0 Å². The van der Waals surface area contributed by atoms with Crippen molar-refractivity contribution in [3.8, 4) is 0 Å². The fourth-order valence-corrected chi connectivity index (χ4v) is 2.61. The van der Waals surface area contributed by atoms with Gasteiger partial charge in [-0.3, -0.25) is 4.79 Å². The van der Waals surface area contributed by atoms with E-state index in [1.807, 2.05) is 12.2 Å². The summed E-state index contributed by atoms with van der Waals surface area (Å²) in [5.74, 6) is 0.927. The second kappa shape index (κ2) is 14.0. The first-order chi connectivity index (χ1) is 11.3. The van der Waals surface area contributed by atoms with Crippen LogP contribution in [0.2, 0.25) is 0 Å². The summed E-state index contributed by atoms with van der Waals surface area (Å²) >= 11 is 0. The Morgan fingerprint density at radius 1 is 0.875 bits per heavy atom. The summed E-state index contributed by atoms with van der Waals surface area (Å²) in [6.07, 6.45) is 18.8. The Kier molecular flexibility index (Phi) is 13.2. The van der Waals surface area contributed by atoms with Gasteiger partial charge in [0.05, 0.1) is 0 Å². The summed E-state index contributed by atoms with van der Waals surface area (Å²) in [7, 11) is 0. The van der Waals surface area contributed by atoms with Crippen molar-refractivity contribution in [1.29, 1.82) is 0 Å². The fourth-order valence-electron chi connectivity index (χ4n) is 2.61. The lowest BCUT2D eigenvalue weighted by Gasteiger charge is -2.10. The number of carbonyl (C=O) groups excluding carboxylic acids is 1. The molecular formula is C23H38O. The van der Waals surface area contributed by atoms with Crippen molar-refractivity contribution in [2.24, 2.45) is 5.92 Å². The maximum absolute atomic E-state index is 10.8. The van der Waals surface area contributed by atoms with Crippen molar-refractivity contribution in [2.75, 3.05) is 0 Å². The Hall–Kier alpha value is -1.37. The van der Waals surface area contributed by atoms with Crippen LogP contribution >= 0.6 is 0 Å². The molecule has 1 heteroatoms. The predicted octanol–water partition coefficient (Wildman–Crippen LogP) is 7.36. The molecule has 0 spiro atoms. The van der Waals surface area contributed by atoms with E-state index in [4.69, 9.17) is 0 Å². The second-order valence-electron chi connectivity index (χ2n) is 7.43. The van der Waals surface area contributed by atoms with Crippen LogP contribution in [0.3, 0.4) is 0 Å². The van der Waals surface area contributed by atoms with Crippen LogP contribution in [-0.4, -0.2) is 5.78 Å². The molecule has 0 aromatic heterocycles. The summed E-state index contributed by atoms with van der Waals surface area (Å²) < 4.78 is 0. The number of ketones is 1. The minimum absolute atomic E-state index is 0.102. The average molecular weight is 331 g/mol. The van der Waals surface area contributed by atoms with Gasteiger partial charge in [0.1, 0.15) is 0 Å². The summed E-state index contributed by atoms with van der Waals surface area (Å²) in [5.41, 5.74) is 4.27. The molecule has 0 aromatic rings. The van der Waals surface area contributed by atoms with E-state index in [1.54, 1.807) is 13.0 Å². The molecule has 0 fully saturated rings. The maximum atomic E-state index is 10.8. The standard InChI is InChI=1S/C23H38O/c1-19(2)11-7-12-20(3)13-8-14-21(4)15-9-16-22(5)17-10-18-23(6)24/h10-11,15,17-18,20H,7-9,12-14,16H2,1-6H3/t20-/m1/s1. The quantitative estimate of drug-likeness (QED) is 0.207. The van der Waals surface area contributed by atoms with Crippen molar-refractivity contribution in [3.05, 3.63) is 47.1 Å². The minimum Gasteiger partial charge on any atom is -0.295 e. The molecule has 0 saturated heterocycles. The van der Waals surface area contributed by atoms with Gasteiger partial charge in [0.15, 0.2) is 5.78 Å². The lowest BCUT2D eigenvalue weighted by Crippen LogP contribution is -1.94. The third-order valence-electron chi connectivity index (χ3n) is 4.22. The van der Waals surface area contributed by atoms with Gasteiger partial charge in [0.25, 0.3) is 0 Å². The third-order valence-corrected chi connectivity index (χ3v) is 4.22. The summed E-state index contributed by atoms with van der Waals surface area (Å²) in [5, 5.41) is 0. The molecule has 0 N–H and O–H groups in total. The van der Waals surface area contributed by atoms with Crippen molar-refractivity contribution in [2.45, 2.75) is 86.5 Å². The van der Waals surface area contributed by atoms with Gasteiger partial charge in [0.2, 0.25) is 0 Å². The Labute approximate surface area is 150 Å². The van der Waals surface area contributed by atoms with E-state index >= 15 is 0 Å². The predicted molar refractivity (Wildman–Crippen MR) is 108 cm³/mol. The molecule has 0 aliphatic heterocycles. The molecule has 0 aliphatic rings. The molecule has 0 radical (unpaired) electrons. The molecule has 0 rings (SSSR count). The number of carbonyl (C=O) groups is 1. The monoisotopic (exact) mass is 330 g/mol. The van der Waals surface area contributed by atoms with Gasteiger partial charge in [-0.25, -0.2) is 0 Å². The first-order valence-electron chi connectivity index (χ1n) is 9.44. The van der Waals surface area contributed by atoms with Crippen LogP contribution in [0.15, 0.2) is 47.1 Å². The van der Waals surface area contributed by atoms with Crippen LogP contribution in [0.5, 0.6) is 0 Å². The van der Waals surface area contributed by atoms with Crippen LogP contribution in [-0.2, 0) is 4.79 Å². The summed E-state index contributed by atoms with van der Waals surface area (Å²) in [4.78, 5) is 10.8. The molecule has 0 bridgehead atoms. The molecule has 24 heavy (non-hydrogen) atoms. The number of hydrogen-bond donors (Lipinski definition) is 0. The highest BCUT2D eigenvalue weighted by molar-refractivity contribution is 5.87. The van der Waals surface area contributed by atoms with E-state index < -0.39 is 0 Å². The molecule has 0 unspecified atom stereocenters. The lowest BCUT2D eigenvalue weighted by molar-refractivity contribution is -0.112. The van der Waals surface area contributed by atoms with E-state index in [1.165, 1.54) is 48.8 Å². The third kappa shape index (κ3) is 15.5. The van der Waals surface area contributed by atoms with Crippen LogP contribution in [0, 0.1) is 5.92 Å². The fraction of sp³-hybridized carbons (Fsp3) is 0.609. The normalized spacial score (nSPS) is 14.1. The molecule has 1 nitrogen and oxygen atoms in total. The Morgan fingerprint density at radius 3 is 2.21 bits per heavy atom. The summed E-state index contributed by atoms with van der Waals surface area (Å²) in [6.45, 7) is 12.7. The number of hydrogen-bond acceptors (Lipinski definition) is 1. The largest absolute Gasteiger partial charge is 0.295 e.